The zero-order valence-electron chi connectivity index (χ0n) is 10.7. The van der Waals surface area contributed by atoms with E-state index >= 15 is 0 Å². The van der Waals surface area contributed by atoms with Crippen LogP contribution in [0.3, 0.4) is 0 Å². The number of aromatic amines is 1. The molecule has 3 rings (SSSR count). The summed E-state index contributed by atoms with van der Waals surface area (Å²) in [6, 6.07) is 18.9. The maximum absolute atomic E-state index is 12.0. The minimum absolute atomic E-state index is 0.0520. The fourth-order valence-electron chi connectivity index (χ4n) is 2.14. The standard InChI is InChI=1S/C16H13ClN2O/c17-14-8-4-5-12(9-14)11-19-16(20)10-15(18-19)13-6-2-1-3-7-13/h1-10,18H,11H2. The first-order valence-electron chi connectivity index (χ1n) is 6.32. The van der Waals surface area contributed by atoms with Crippen LogP contribution in [-0.4, -0.2) is 9.78 Å². The van der Waals surface area contributed by atoms with E-state index in [0.717, 1.165) is 16.8 Å². The summed E-state index contributed by atoms with van der Waals surface area (Å²) in [6.45, 7) is 0.478. The number of halogens is 1. The lowest BCUT2D eigenvalue weighted by molar-refractivity contribution is 0.666. The first-order chi connectivity index (χ1) is 9.72. The van der Waals surface area contributed by atoms with Crippen LogP contribution in [-0.2, 0) is 6.54 Å². The molecular formula is C16H13ClN2O. The second kappa shape index (κ2) is 5.39. The van der Waals surface area contributed by atoms with Crippen molar-refractivity contribution in [2.45, 2.75) is 6.54 Å². The van der Waals surface area contributed by atoms with Gasteiger partial charge in [-0.05, 0) is 23.3 Å². The summed E-state index contributed by atoms with van der Waals surface area (Å²) >= 11 is 5.95. The smallest absolute Gasteiger partial charge is 0.267 e. The summed E-state index contributed by atoms with van der Waals surface area (Å²) < 4.78 is 1.58. The fraction of sp³-hybridized carbons (Fsp3) is 0.0625. The summed E-state index contributed by atoms with van der Waals surface area (Å²) in [7, 11) is 0. The van der Waals surface area contributed by atoms with Gasteiger partial charge in [-0.3, -0.25) is 9.89 Å². The van der Waals surface area contributed by atoms with E-state index in [1.54, 1.807) is 10.7 Å². The second-order valence-corrected chi connectivity index (χ2v) is 5.03. The van der Waals surface area contributed by atoms with Crippen LogP contribution >= 0.6 is 11.6 Å². The second-order valence-electron chi connectivity index (χ2n) is 4.59. The molecule has 0 fully saturated rings. The summed E-state index contributed by atoms with van der Waals surface area (Å²) in [5, 5.41) is 3.80. The first-order valence-corrected chi connectivity index (χ1v) is 6.70. The van der Waals surface area contributed by atoms with Crippen LogP contribution in [0.4, 0.5) is 0 Å². The summed E-state index contributed by atoms with van der Waals surface area (Å²) in [5.41, 5.74) is 2.75. The summed E-state index contributed by atoms with van der Waals surface area (Å²) in [5.74, 6) is 0. The fourth-order valence-corrected chi connectivity index (χ4v) is 2.35. The van der Waals surface area contributed by atoms with Gasteiger partial charge in [-0.1, -0.05) is 54.1 Å². The Balaban J connectivity index is 1.92. The average molecular weight is 285 g/mol. The molecule has 2 aromatic carbocycles. The highest BCUT2D eigenvalue weighted by atomic mass is 35.5. The third kappa shape index (κ3) is 2.68. The van der Waals surface area contributed by atoms with E-state index in [9.17, 15) is 4.79 Å². The van der Waals surface area contributed by atoms with E-state index in [2.05, 4.69) is 5.10 Å². The lowest BCUT2D eigenvalue weighted by Gasteiger charge is -2.03. The topological polar surface area (TPSA) is 37.8 Å². The van der Waals surface area contributed by atoms with Gasteiger partial charge in [0, 0.05) is 11.1 Å². The maximum atomic E-state index is 12.0. The van der Waals surface area contributed by atoms with E-state index < -0.39 is 0 Å². The van der Waals surface area contributed by atoms with Crippen LogP contribution in [0.5, 0.6) is 0 Å². The van der Waals surface area contributed by atoms with E-state index in [0.29, 0.717) is 11.6 Å². The molecule has 100 valence electrons. The number of benzene rings is 2. The van der Waals surface area contributed by atoms with Crippen LogP contribution in [0.15, 0.2) is 65.5 Å². The molecule has 0 aliphatic rings. The normalized spacial score (nSPS) is 10.7. The van der Waals surface area contributed by atoms with Crippen LogP contribution in [0, 0.1) is 0 Å². The van der Waals surface area contributed by atoms with E-state index in [-0.39, 0.29) is 5.56 Å². The monoisotopic (exact) mass is 284 g/mol. The van der Waals surface area contributed by atoms with Gasteiger partial charge in [0.1, 0.15) is 0 Å². The lowest BCUT2D eigenvalue weighted by Crippen LogP contribution is -2.16. The average Bonchev–Trinajstić information content (AvgIpc) is 2.81. The van der Waals surface area contributed by atoms with Gasteiger partial charge < -0.3 is 0 Å². The Hall–Kier alpha value is -2.26. The Kier molecular flexibility index (Phi) is 3.44. The highest BCUT2D eigenvalue weighted by Gasteiger charge is 2.05. The zero-order valence-corrected chi connectivity index (χ0v) is 11.5. The van der Waals surface area contributed by atoms with Crippen molar-refractivity contribution in [3.8, 4) is 11.3 Å². The van der Waals surface area contributed by atoms with Gasteiger partial charge in [0.2, 0.25) is 0 Å². The molecule has 3 nitrogen and oxygen atoms in total. The van der Waals surface area contributed by atoms with Crippen LogP contribution in [0.1, 0.15) is 5.56 Å². The van der Waals surface area contributed by atoms with E-state index in [1.165, 1.54) is 0 Å². The zero-order chi connectivity index (χ0) is 13.9. The van der Waals surface area contributed by atoms with Crippen molar-refractivity contribution in [1.82, 2.24) is 9.78 Å². The third-order valence-electron chi connectivity index (χ3n) is 3.10. The molecule has 1 N–H and O–H groups in total. The van der Waals surface area contributed by atoms with Crippen molar-refractivity contribution < 1.29 is 0 Å². The number of hydrogen-bond donors (Lipinski definition) is 1. The quantitative estimate of drug-likeness (QED) is 0.785. The maximum Gasteiger partial charge on any atom is 0.267 e. The van der Waals surface area contributed by atoms with Crippen molar-refractivity contribution >= 4 is 11.6 Å². The molecule has 0 bridgehead atoms. The molecule has 4 heteroatoms. The minimum Gasteiger partial charge on any atom is -0.295 e. The molecule has 0 aliphatic heterocycles. The van der Waals surface area contributed by atoms with Gasteiger partial charge in [0.05, 0.1) is 12.2 Å². The molecule has 0 amide bonds. The minimum atomic E-state index is -0.0520. The Morgan fingerprint density at radius 3 is 2.55 bits per heavy atom. The van der Waals surface area contributed by atoms with Crippen LogP contribution in [0.25, 0.3) is 11.3 Å². The number of nitrogens with one attached hydrogen (secondary N) is 1. The molecule has 20 heavy (non-hydrogen) atoms. The van der Waals surface area contributed by atoms with Gasteiger partial charge in [0.15, 0.2) is 0 Å². The molecule has 3 aromatic rings. The highest BCUT2D eigenvalue weighted by Crippen LogP contribution is 2.15. The van der Waals surface area contributed by atoms with Gasteiger partial charge in [-0.15, -0.1) is 0 Å². The third-order valence-corrected chi connectivity index (χ3v) is 3.34. The molecule has 0 unspecified atom stereocenters. The van der Waals surface area contributed by atoms with Crippen molar-refractivity contribution in [3.63, 3.8) is 0 Å². The molecule has 0 saturated heterocycles. The Labute approximate surface area is 121 Å². The van der Waals surface area contributed by atoms with Gasteiger partial charge >= 0.3 is 0 Å². The molecule has 0 saturated carbocycles. The molecule has 0 atom stereocenters. The lowest BCUT2D eigenvalue weighted by atomic mass is 10.2. The largest absolute Gasteiger partial charge is 0.295 e. The summed E-state index contributed by atoms with van der Waals surface area (Å²) in [4.78, 5) is 12.0. The Bertz CT molecular complexity index is 774. The van der Waals surface area contributed by atoms with Crippen molar-refractivity contribution in [2.75, 3.05) is 0 Å². The van der Waals surface area contributed by atoms with Crippen molar-refractivity contribution in [3.05, 3.63) is 81.6 Å². The van der Waals surface area contributed by atoms with Crippen LogP contribution in [0.2, 0.25) is 5.02 Å². The SMILES string of the molecule is O=c1cc(-c2ccccc2)[nH]n1Cc1cccc(Cl)c1. The number of rotatable bonds is 3. The van der Waals surface area contributed by atoms with E-state index in [1.807, 2.05) is 54.6 Å². The van der Waals surface area contributed by atoms with Gasteiger partial charge in [-0.2, -0.15) is 0 Å². The number of hydrogen-bond acceptors (Lipinski definition) is 1. The molecule has 0 spiro atoms. The van der Waals surface area contributed by atoms with Crippen LogP contribution < -0.4 is 5.56 Å². The van der Waals surface area contributed by atoms with Gasteiger partial charge in [-0.25, -0.2) is 4.68 Å². The Morgan fingerprint density at radius 2 is 1.80 bits per heavy atom. The molecule has 1 aromatic heterocycles. The highest BCUT2D eigenvalue weighted by molar-refractivity contribution is 6.30. The predicted molar refractivity (Wildman–Crippen MR) is 81.0 cm³/mol. The van der Waals surface area contributed by atoms with Gasteiger partial charge in [0.25, 0.3) is 5.56 Å². The number of nitrogens with zero attached hydrogens (tertiary/aromatic N) is 1. The van der Waals surface area contributed by atoms with Crippen molar-refractivity contribution in [1.29, 1.82) is 0 Å². The molecule has 1 heterocycles. The molecule has 0 aliphatic carbocycles. The van der Waals surface area contributed by atoms with E-state index in [4.69, 9.17) is 11.6 Å². The molecule has 0 radical (unpaired) electrons. The first kappa shape index (κ1) is 12.8. The predicted octanol–water partition coefficient (Wildman–Crippen LogP) is 3.55. The molecular weight excluding hydrogens is 272 g/mol. The number of H-pyrrole nitrogens is 1. The number of aromatic nitrogens is 2. The summed E-state index contributed by atoms with van der Waals surface area (Å²) in [6.07, 6.45) is 0. The Morgan fingerprint density at radius 1 is 1.00 bits per heavy atom. The van der Waals surface area contributed by atoms with Crippen molar-refractivity contribution in [2.24, 2.45) is 0 Å².